The van der Waals surface area contributed by atoms with Crippen LogP contribution in [-0.4, -0.2) is 23.5 Å². The van der Waals surface area contributed by atoms with Gasteiger partial charge in [-0.3, -0.25) is 14.4 Å². The third-order valence-corrected chi connectivity index (χ3v) is 4.04. The zero-order valence-electron chi connectivity index (χ0n) is 11.9. The van der Waals surface area contributed by atoms with Gasteiger partial charge in [0.2, 0.25) is 0 Å². The molecule has 3 rings (SSSR count). The molecule has 2 fully saturated rings. The Morgan fingerprint density at radius 1 is 1.14 bits per heavy atom. The lowest BCUT2D eigenvalue weighted by Gasteiger charge is -2.33. The molecule has 1 atom stereocenters. The SMILES string of the molecule is CC1(C)OC(=O)C2(CC2CC(=O)c2ccccc2)C(=O)O1. The van der Waals surface area contributed by atoms with Crippen LogP contribution in [0.15, 0.2) is 30.3 Å². The first-order valence-electron chi connectivity index (χ1n) is 6.90. The van der Waals surface area contributed by atoms with Crippen LogP contribution >= 0.6 is 0 Å². The molecule has 0 bridgehead atoms. The number of rotatable bonds is 3. The molecule has 2 aliphatic rings. The molecule has 1 saturated heterocycles. The number of Topliss-reactive ketones (excluding diaryl/α,β-unsaturated/α-hetero) is 1. The number of hydrogen-bond acceptors (Lipinski definition) is 5. The van der Waals surface area contributed by atoms with Gasteiger partial charge >= 0.3 is 11.9 Å². The Kier molecular flexibility index (Phi) is 2.90. The molecule has 5 heteroatoms. The molecule has 1 aliphatic heterocycles. The minimum atomic E-state index is -1.26. The highest BCUT2D eigenvalue weighted by molar-refractivity contribution is 6.07. The first kappa shape index (κ1) is 13.8. The predicted octanol–water partition coefficient (Wildman–Crippen LogP) is 2.10. The average Bonchev–Trinajstić information content (AvgIpc) is 3.12. The monoisotopic (exact) mass is 288 g/mol. The van der Waals surface area contributed by atoms with Crippen molar-refractivity contribution >= 4 is 17.7 Å². The Morgan fingerprint density at radius 3 is 2.29 bits per heavy atom. The second-order valence-electron chi connectivity index (χ2n) is 6.04. The molecule has 110 valence electrons. The molecular weight excluding hydrogens is 272 g/mol. The Balaban J connectivity index is 1.72. The molecule has 0 radical (unpaired) electrons. The molecule has 0 N–H and O–H groups in total. The Labute approximate surface area is 122 Å². The molecule has 0 amide bonds. The predicted molar refractivity (Wildman–Crippen MR) is 72.2 cm³/mol. The summed E-state index contributed by atoms with van der Waals surface area (Å²) >= 11 is 0. The summed E-state index contributed by atoms with van der Waals surface area (Å²) in [6.07, 6.45) is 0.466. The van der Waals surface area contributed by atoms with E-state index in [4.69, 9.17) is 9.47 Å². The molecule has 1 saturated carbocycles. The summed E-state index contributed by atoms with van der Waals surface area (Å²) in [5.74, 6) is -2.79. The van der Waals surface area contributed by atoms with Gasteiger partial charge in [-0.2, -0.15) is 0 Å². The van der Waals surface area contributed by atoms with Crippen LogP contribution in [0.5, 0.6) is 0 Å². The van der Waals surface area contributed by atoms with Crippen molar-refractivity contribution in [1.82, 2.24) is 0 Å². The molecule has 1 aliphatic carbocycles. The Hall–Kier alpha value is -2.17. The highest BCUT2D eigenvalue weighted by atomic mass is 16.7. The van der Waals surface area contributed by atoms with Crippen molar-refractivity contribution in [2.24, 2.45) is 11.3 Å². The maximum atomic E-state index is 12.2. The highest BCUT2D eigenvalue weighted by Crippen LogP contribution is 2.59. The van der Waals surface area contributed by atoms with Crippen LogP contribution in [0, 0.1) is 11.3 Å². The van der Waals surface area contributed by atoms with Gasteiger partial charge in [0.15, 0.2) is 11.2 Å². The molecule has 0 aromatic heterocycles. The van der Waals surface area contributed by atoms with Gasteiger partial charge in [0.25, 0.3) is 5.79 Å². The second kappa shape index (κ2) is 4.41. The van der Waals surface area contributed by atoms with E-state index in [1.165, 1.54) is 13.8 Å². The first-order valence-corrected chi connectivity index (χ1v) is 6.90. The van der Waals surface area contributed by atoms with Crippen LogP contribution in [0.1, 0.15) is 37.0 Å². The van der Waals surface area contributed by atoms with Gasteiger partial charge < -0.3 is 9.47 Å². The largest absolute Gasteiger partial charge is 0.422 e. The fraction of sp³-hybridized carbons (Fsp3) is 0.438. The van der Waals surface area contributed by atoms with Crippen molar-refractivity contribution in [2.45, 2.75) is 32.5 Å². The third kappa shape index (κ3) is 2.22. The lowest BCUT2D eigenvalue weighted by atomic mass is 9.97. The number of cyclic esters (lactones) is 2. The maximum Gasteiger partial charge on any atom is 0.327 e. The van der Waals surface area contributed by atoms with Gasteiger partial charge in [0.05, 0.1) is 0 Å². The van der Waals surface area contributed by atoms with Crippen LogP contribution in [0.2, 0.25) is 0 Å². The lowest BCUT2D eigenvalue weighted by Crippen LogP contribution is -2.48. The van der Waals surface area contributed by atoms with Gasteiger partial charge in [-0.15, -0.1) is 0 Å². The first-order chi connectivity index (χ1) is 9.85. The van der Waals surface area contributed by atoms with Crippen molar-refractivity contribution in [1.29, 1.82) is 0 Å². The Morgan fingerprint density at radius 2 is 1.71 bits per heavy atom. The number of hydrogen-bond donors (Lipinski definition) is 0. The van der Waals surface area contributed by atoms with Gasteiger partial charge in [-0.05, 0) is 12.3 Å². The van der Waals surface area contributed by atoms with Crippen LogP contribution in [-0.2, 0) is 19.1 Å². The minimum Gasteiger partial charge on any atom is -0.422 e. The number of ether oxygens (including phenoxy) is 2. The van der Waals surface area contributed by atoms with Crippen LogP contribution < -0.4 is 0 Å². The summed E-state index contributed by atoms with van der Waals surface area (Å²) in [6.45, 7) is 3.03. The van der Waals surface area contributed by atoms with Crippen LogP contribution in [0.25, 0.3) is 0 Å². The smallest absolute Gasteiger partial charge is 0.327 e. The number of ketones is 1. The fourth-order valence-electron chi connectivity index (χ4n) is 2.77. The van der Waals surface area contributed by atoms with Crippen LogP contribution in [0.4, 0.5) is 0 Å². The van der Waals surface area contributed by atoms with E-state index >= 15 is 0 Å². The topological polar surface area (TPSA) is 69.7 Å². The molecule has 1 spiro atoms. The van der Waals surface area contributed by atoms with Crippen molar-refractivity contribution < 1.29 is 23.9 Å². The normalized spacial score (nSPS) is 25.1. The van der Waals surface area contributed by atoms with Crippen molar-refractivity contribution in [3.63, 3.8) is 0 Å². The van der Waals surface area contributed by atoms with E-state index in [-0.39, 0.29) is 18.1 Å². The number of esters is 2. The summed E-state index contributed by atoms with van der Waals surface area (Å²) < 4.78 is 10.3. The zero-order chi connectivity index (χ0) is 15.3. The summed E-state index contributed by atoms with van der Waals surface area (Å²) in [7, 11) is 0. The van der Waals surface area contributed by atoms with E-state index in [1.54, 1.807) is 24.3 Å². The Bertz CT molecular complexity index is 597. The molecule has 1 heterocycles. The lowest BCUT2D eigenvalue weighted by molar-refractivity contribution is -0.243. The third-order valence-electron chi connectivity index (χ3n) is 4.04. The number of carbonyl (C=O) groups excluding carboxylic acids is 3. The van der Waals surface area contributed by atoms with E-state index in [0.717, 1.165) is 0 Å². The van der Waals surface area contributed by atoms with Gasteiger partial charge in [-0.1, -0.05) is 30.3 Å². The minimum absolute atomic E-state index is 0.0806. The molecule has 1 aromatic carbocycles. The standard InChI is InChI=1S/C16H16O5/c1-15(2)20-13(18)16(14(19)21-15)9-11(16)8-12(17)10-6-4-3-5-7-10/h3-7,11H,8-9H2,1-2H3. The number of carbonyl (C=O) groups is 3. The average molecular weight is 288 g/mol. The van der Waals surface area contributed by atoms with E-state index in [2.05, 4.69) is 0 Å². The van der Waals surface area contributed by atoms with Crippen LogP contribution in [0.3, 0.4) is 0 Å². The molecule has 21 heavy (non-hydrogen) atoms. The highest BCUT2D eigenvalue weighted by Gasteiger charge is 2.71. The van der Waals surface area contributed by atoms with Crippen molar-refractivity contribution in [2.75, 3.05) is 0 Å². The fourth-order valence-corrected chi connectivity index (χ4v) is 2.77. The molecule has 1 aromatic rings. The van der Waals surface area contributed by atoms with E-state index in [1.807, 2.05) is 6.07 Å². The van der Waals surface area contributed by atoms with E-state index < -0.39 is 23.1 Å². The van der Waals surface area contributed by atoms with Gasteiger partial charge in [0.1, 0.15) is 0 Å². The summed E-state index contributed by atoms with van der Waals surface area (Å²) in [4.78, 5) is 36.4. The summed E-state index contributed by atoms with van der Waals surface area (Å²) in [5, 5.41) is 0. The van der Waals surface area contributed by atoms with E-state index in [9.17, 15) is 14.4 Å². The van der Waals surface area contributed by atoms with E-state index in [0.29, 0.717) is 12.0 Å². The molecule has 1 unspecified atom stereocenters. The quantitative estimate of drug-likeness (QED) is 0.484. The van der Waals surface area contributed by atoms with Gasteiger partial charge in [0, 0.05) is 25.8 Å². The maximum absolute atomic E-state index is 12.2. The van der Waals surface area contributed by atoms with Gasteiger partial charge in [-0.25, -0.2) is 0 Å². The molecular formula is C16H16O5. The van der Waals surface area contributed by atoms with Crippen molar-refractivity contribution in [3.8, 4) is 0 Å². The number of benzene rings is 1. The van der Waals surface area contributed by atoms with Crippen molar-refractivity contribution in [3.05, 3.63) is 35.9 Å². The summed E-state index contributed by atoms with van der Waals surface area (Å²) in [5.41, 5.74) is -0.683. The zero-order valence-corrected chi connectivity index (χ0v) is 11.9. The molecule has 5 nitrogen and oxygen atoms in total. The summed E-state index contributed by atoms with van der Waals surface area (Å²) in [6, 6.07) is 8.83. The second-order valence-corrected chi connectivity index (χ2v) is 6.04.